The summed E-state index contributed by atoms with van der Waals surface area (Å²) >= 11 is 5.87. The average molecular weight is 256 g/mol. The van der Waals surface area contributed by atoms with Crippen LogP contribution < -0.4 is 5.32 Å². The first-order valence-corrected chi connectivity index (χ1v) is 5.85. The fourth-order valence-electron chi connectivity index (χ4n) is 1.23. The number of halogens is 1. The molecule has 0 spiro atoms. The van der Waals surface area contributed by atoms with Gasteiger partial charge in [-0.2, -0.15) is 0 Å². The fourth-order valence-corrected chi connectivity index (χ4v) is 1.41. The number of ether oxygens (including phenoxy) is 1. The minimum absolute atomic E-state index is 0.451. The Hall–Kier alpha value is -1.13. The van der Waals surface area contributed by atoms with Gasteiger partial charge in [0.15, 0.2) is 11.0 Å². The second-order valence-corrected chi connectivity index (χ2v) is 4.38. The van der Waals surface area contributed by atoms with Gasteiger partial charge in [0.05, 0.1) is 13.2 Å². The summed E-state index contributed by atoms with van der Waals surface area (Å²) in [5, 5.41) is 11.5. The van der Waals surface area contributed by atoms with E-state index in [1.807, 2.05) is 20.8 Å². The number of hydrogen-bond donors (Lipinski definition) is 1. The molecule has 1 aromatic rings. The molecule has 0 saturated carbocycles. The molecule has 0 aliphatic heterocycles. The quantitative estimate of drug-likeness (QED) is 0.627. The molecule has 1 heterocycles. The lowest BCUT2D eigenvalue weighted by molar-refractivity contribution is 0.167. The number of rotatable bonds is 6. The van der Waals surface area contributed by atoms with Crippen LogP contribution in [-0.2, 0) is 4.74 Å². The molecule has 1 N–H and O–H groups in total. The van der Waals surface area contributed by atoms with E-state index in [-0.39, 0.29) is 0 Å². The summed E-state index contributed by atoms with van der Waals surface area (Å²) in [5.41, 5.74) is 2.99. The van der Waals surface area contributed by atoms with E-state index in [9.17, 15) is 0 Å². The van der Waals surface area contributed by atoms with E-state index in [1.54, 1.807) is 0 Å². The molecule has 0 saturated heterocycles. The monoisotopic (exact) mass is 255 g/mol. The van der Waals surface area contributed by atoms with Gasteiger partial charge in [0.2, 0.25) is 0 Å². The normalized spacial score (nSPS) is 10.4. The first-order valence-electron chi connectivity index (χ1n) is 5.47. The standard InChI is InChI=1S/C12H18ClN3O/c1-8(2)7-17-6-5-14-12-10(4)9(3)11(13)15-16-12/h1,5-7H2,2-4H3,(H,14,16). The summed E-state index contributed by atoms with van der Waals surface area (Å²) in [5.74, 6) is 0.755. The molecule has 1 rings (SSSR count). The molecule has 94 valence electrons. The van der Waals surface area contributed by atoms with Crippen molar-refractivity contribution in [3.63, 3.8) is 0 Å². The first-order chi connectivity index (χ1) is 8.02. The molecular formula is C12H18ClN3O. The highest BCUT2D eigenvalue weighted by molar-refractivity contribution is 6.30. The zero-order valence-corrected chi connectivity index (χ0v) is 11.3. The van der Waals surface area contributed by atoms with Crippen molar-refractivity contribution in [3.05, 3.63) is 28.4 Å². The zero-order chi connectivity index (χ0) is 12.8. The van der Waals surface area contributed by atoms with Crippen LogP contribution in [0.4, 0.5) is 5.82 Å². The maximum absolute atomic E-state index is 5.87. The summed E-state index contributed by atoms with van der Waals surface area (Å²) in [6.45, 7) is 11.5. The van der Waals surface area contributed by atoms with Gasteiger partial charge in [0.1, 0.15) is 0 Å². The molecule has 4 nitrogen and oxygen atoms in total. The molecule has 0 aliphatic carbocycles. The highest BCUT2D eigenvalue weighted by Gasteiger charge is 2.06. The second-order valence-electron chi connectivity index (χ2n) is 4.03. The Bertz CT molecular complexity index is 407. The summed E-state index contributed by atoms with van der Waals surface area (Å²) in [7, 11) is 0. The molecule has 0 unspecified atom stereocenters. The van der Waals surface area contributed by atoms with Gasteiger partial charge < -0.3 is 10.1 Å². The van der Waals surface area contributed by atoms with Gasteiger partial charge in [-0.3, -0.25) is 0 Å². The molecule has 0 radical (unpaired) electrons. The number of hydrogen-bond acceptors (Lipinski definition) is 4. The Labute approximate surface area is 107 Å². The Morgan fingerprint density at radius 1 is 1.35 bits per heavy atom. The Kier molecular flexibility index (Phi) is 5.38. The topological polar surface area (TPSA) is 47.0 Å². The highest BCUT2D eigenvalue weighted by Crippen LogP contribution is 2.20. The van der Waals surface area contributed by atoms with Gasteiger partial charge in [0.25, 0.3) is 0 Å². The molecule has 0 atom stereocenters. The SMILES string of the molecule is C=C(C)COCCNc1nnc(Cl)c(C)c1C. The van der Waals surface area contributed by atoms with Gasteiger partial charge in [0, 0.05) is 6.54 Å². The maximum atomic E-state index is 5.87. The lowest BCUT2D eigenvalue weighted by Gasteiger charge is -2.10. The van der Waals surface area contributed by atoms with Crippen molar-refractivity contribution in [2.24, 2.45) is 0 Å². The van der Waals surface area contributed by atoms with Gasteiger partial charge in [-0.25, -0.2) is 0 Å². The minimum atomic E-state index is 0.451. The van der Waals surface area contributed by atoms with Crippen LogP contribution in [0.3, 0.4) is 0 Å². The van der Waals surface area contributed by atoms with Crippen molar-refractivity contribution in [2.45, 2.75) is 20.8 Å². The summed E-state index contributed by atoms with van der Waals surface area (Å²) < 4.78 is 5.37. The Morgan fingerprint density at radius 3 is 2.71 bits per heavy atom. The minimum Gasteiger partial charge on any atom is -0.375 e. The van der Waals surface area contributed by atoms with Crippen molar-refractivity contribution < 1.29 is 4.74 Å². The third kappa shape index (κ3) is 4.32. The third-order valence-corrected chi connectivity index (χ3v) is 2.71. The predicted molar refractivity (Wildman–Crippen MR) is 70.6 cm³/mol. The van der Waals surface area contributed by atoms with Crippen LogP contribution in [0.2, 0.25) is 5.15 Å². The molecule has 0 amide bonds. The Balaban J connectivity index is 2.42. The highest BCUT2D eigenvalue weighted by atomic mass is 35.5. The van der Waals surface area contributed by atoms with E-state index >= 15 is 0 Å². The molecular weight excluding hydrogens is 238 g/mol. The molecule has 5 heteroatoms. The molecule has 0 bridgehead atoms. The fraction of sp³-hybridized carbons (Fsp3) is 0.500. The molecule has 1 aromatic heterocycles. The van der Waals surface area contributed by atoms with E-state index in [4.69, 9.17) is 16.3 Å². The van der Waals surface area contributed by atoms with E-state index < -0.39 is 0 Å². The smallest absolute Gasteiger partial charge is 0.155 e. The zero-order valence-electron chi connectivity index (χ0n) is 10.5. The number of anilines is 1. The maximum Gasteiger partial charge on any atom is 0.155 e. The van der Waals surface area contributed by atoms with E-state index in [0.29, 0.717) is 24.9 Å². The summed E-state index contributed by atoms with van der Waals surface area (Å²) in [4.78, 5) is 0. The largest absolute Gasteiger partial charge is 0.375 e. The predicted octanol–water partition coefficient (Wildman–Crippen LogP) is 2.75. The third-order valence-electron chi connectivity index (χ3n) is 2.35. The van der Waals surface area contributed by atoms with Crippen LogP contribution in [0.15, 0.2) is 12.2 Å². The number of nitrogens with zero attached hydrogens (tertiary/aromatic N) is 2. The lowest BCUT2D eigenvalue weighted by Crippen LogP contribution is -2.13. The number of aromatic nitrogens is 2. The van der Waals surface area contributed by atoms with Crippen LogP contribution in [0.5, 0.6) is 0 Å². The second kappa shape index (κ2) is 6.57. The first kappa shape index (κ1) is 13.9. The van der Waals surface area contributed by atoms with Crippen molar-refractivity contribution in [3.8, 4) is 0 Å². The van der Waals surface area contributed by atoms with E-state index in [2.05, 4.69) is 22.1 Å². The average Bonchev–Trinajstić information content (AvgIpc) is 2.28. The van der Waals surface area contributed by atoms with Crippen molar-refractivity contribution in [1.82, 2.24) is 10.2 Å². The molecule has 0 aliphatic rings. The van der Waals surface area contributed by atoms with Crippen molar-refractivity contribution in [1.29, 1.82) is 0 Å². The Morgan fingerprint density at radius 2 is 2.06 bits per heavy atom. The van der Waals surface area contributed by atoms with Gasteiger partial charge >= 0.3 is 0 Å². The van der Waals surface area contributed by atoms with Crippen LogP contribution in [-0.4, -0.2) is 30.0 Å². The van der Waals surface area contributed by atoms with Gasteiger partial charge in [-0.15, -0.1) is 10.2 Å². The van der Waals surface area contributed by atoms with E-state index in [0.717, 1.165) is 22.5 Å². The van der Waals surface area contributed by atoms with Crippen LogP contribution in [0.1, 0.15) is 18.1 Å². The van der Waals surface area contributed by atoms with Crippen LogP contribution in [0.25, 0.3) is 0 Å². The molecule has 0 fully saturated rings. The summed E-state index contributed by atoms with van der Waals surface area (Å²) in [6.07, 6.45) is 0. The molecule has 17 heavy (non-hydrogen) atoms. The van der Waals surface area contributed by atoms with Gasteiger partial charge in [-0.05, 0) is 31.9 Å². The van der Waals surface area contributed by atoms with Crippen LogP contribution in [0, 0.1) is 13.8 Å². The summed E-state index contributed by atoms with van der Waals surface area (Å²) in [6, 6.07) is 0. The molecule has 0 aromatic carbocycles. The lowest BCUT2D eigenvalue weighted by atomic mass is 10.2. The van der Waals surface area contributed by atoms with Crippen LogP contribution >= 0.6 is 11.6 Å². The van der Waals surface area contributed by atoms with Gasteiger partial charge in [-0.1, -0.05) is 23.8 Å². The van der Waals surface area contributed by atoms with Crippen molar-refractivity contribution in [2.75, 3.05) is 25.1 Å². The van der Waals surface area contributed by atoms with Crippen molar-refractivity contribution >= 4 is 17.4 Å². The number of nitrogens with one attached hydrogen (secondary N) is 1. The van der Waals surface area contributed by atoms with E-state index in [1.165, 1.54) is 0 Å².